The molecule has 0 aliphatic carbocycles. The van der Waals surface area contributed by atoms with Crippen LogP contribution in [0.1, 0.15) is 0 Å². The van der Waals surface area contributed by atoms with E-state index in [9.17, 15) is 0 Å². The fourth-order valence-corrected chi connectivity index (χ4v) is 24.5. The van der Waals surface area contributed by atoms with Crippen LogP contribution in [-0.2, 0) is 0 Å². The SMILES string of the molecule is c1cc(-c2ccnc(-n3c4ccccc4c4c5sc6ccccc6c5ccc43)n2)cc(-c2cccc3c2sc2ccccc23)c1.c1ccc(-c2ccc3c4c5sc6ccccc6c5ccc4n(-c4nc(-c5ccccc5)cc(-c5ccccc5)n4)c3c2)cc1.c1ccc(-c2nc(-c3ccccc3)nc(-c3cccc(-n4c5ccccc5c5c6sc7ccccc7c6ccc54)c3)n2)cc1. The summed E-state index contributed by atoms with van der Waals surface area (Å²) < 4.78 is 17.3. The molecule has 0 aliphatic heterocycles. The topological polar surface area (TPSA) is 105 Å². The van der Waals surface area contributed by atoms with Crippen molar-refractivity contribution in [3.05, 3.63) is 437 Å². The van der Waals surface area contributed by atoms with Crippen LogP contribution in [0.15, 0.2) is 437 Å². The Labute approximate surface area is 778 Å². The summed E-state index contributed by atoms with van der Waals surface area (Å²) in [5.74, 6) is 3.30. The fourth-order valence-electron chi connectivity index (χ4n) is 19.5. The Morgan fingerprint density at radius 1 is 0.180 bits per heavy atom. The van der Waals surface area contributed by atoms with Gasteiger partial charge in [-0.1, -0.05) is 340 Å². The molecule has 0 N–H and O–H groups in total. The summed E-state index contributed by atoms with van der Waals surface area (Å²) in [6, 6.07) is 152. The van der Waals surface area contributed by atoms with Crippen LogP contribution in [0.5, 0.6) is 0 Å². The van der Waals surface area contributed by atoms with Gasteiger partial charge in [-0.05, 0) is 113 Å². The second kappa shape index (κ2) is 32.3. The average molecular weight is 1770 g/mol. The molecule has 18 aromatic carbocycles. The molecule has 0 unspecified atom stereocenters. The van der Waals surface area contributed by atoms with Crippen molar-refractivity contribution in [2.24, 2.45) is 0 Å². The molecule has 0 saturated carbocycles. The Kier molecular flexibility index (Phi) is 18.8. The number of para-hydroxylation sites is 2. The van der Waals surface area contributed by atoms with E-state index in [1.807, 2.05) is 130 Å². The smallest absolute Gasteiger partial charge is 0.235 e. The van der Waals surface area contributed by atoms with Crippen molar-refractivity contribution in [1.29, 1.82) is 0 Å². The second-order valence-electron chi connectivity index (χ2n) is 33.3. The van der Waals surface area contributed by atoms with E-state index in [1.54, 1.807) is 0 Å². The minimum atomic E-state index is 0.646. The largest absolute Gasteiger partial charge is 0.309 e. The highest BCUT2D eigenvalue weighted by Gasteiger charge is 2.26. The summed E-state index contributed by atoms with van der Waals surface area (Å²) in [5.41, 5.74) is 21.4. The Balaban J connectivity index is 0.000000104. The zero-order valence-electron chi connectivity index (χ0n) is 71.2. The van der Waals surface area contributed by atoms with Crippen LogP contribution in [0.25, 0.3) is 254 Å². The van der Waals surface area contributed by atoms with Crippen LogP contribution in [0.4, 0.5) is 0 Å². The Bertz CT molecular complexity index is 9370. The van der Waals surface area contributed by atoms with Crippen molar-refractivity contribution in [1.82, 2.24) is 48.6 Å². The van der Waals surface area contributed by atoms with Gasteiger partial charge in [0.1, 0.15) is 0 Å². The molecule has 0 spiro atoms. The van der Waals surface area contributed by atoms with Gasteiger partial charge in [0.25, 0.3) is 0 Å². The number of hydrogen-bond donors (Lipinski definition) is 0. The van der Waals surface area contributed by atoms with Crippen LogP contribution in [-0.4, -0.2) is 48.6 Å². The van der Waals surface area contributed by atoms with Crippen molar-refractivity contribution >= 4 is 191 Å². The minimum absolute atomic E-state index is 0.646. The molecule has 0 fully saturated rings. The standard InChI is InChI=1S/C40H23N3S2.C40H25N3S.C39H24N4S/c1-4-16-33-31(13-1)37-34(20-19-30-28-12-3-6-18-36(28)45-39(30)37)43(33)40-41-22-21-32(42-40)25-10-7-9-24(23-25)26-14-8-15-29-27-11-2-5-17-35(27)44-38(26)29;1-4-12-26(13-5-1)29-20-21-32-36(24-29)43(35-23-22-31-30-18-10-11-19-37(30)44-39(31)38(32)35)40-41-33(27-14-6-2-7-15-27)25-34(42-40)28-16-8-3-9-17-28;1-3-12-25(13-4-1)37-40-38(26-14-5-2-6-15-26)42-39(41-37)27-16-11-17-28(24-27)43-32-20-9-7-19-31(32)35-33(43)23-22-30-29-18-8-10-21-34(29)44-36(30)35/h1-23H;1-25H;1-24H. The molecule has 28 rings (SSSR count). The first kappa shape index (κ1) is 77.5. The van der Waals surface area contributed by atoms with E-state index in [0.717, 1.165) is 83.8 Å². The zero-order chi connectivity index (χ0) is 87.6. The average Bonchev–Trinajstić information content (AvgIpc) is 1.56. The molecule has 0 amide bonds. The van der Waals surface area contributed by atoms with E-state index in [1.165, 1.54) is 141 Å². The third-order valence-corrected chi connectivity index (χ3v) is 30.4. The lowest BCUT2D eigenvalue weighted by molar-refractivity contribution is 0.992. The normalized spacial score (nSPS) is 11.8. The number of rotatable bonds is 11. The van der Waals surface area contributed by atoms with Gasteiger partial charge in [0.15, 0.2) is 17.5 Å². The molecule has 133 heavy (non-hydrogen) atoms. The number of nitrogens with zero attached hydrogens (tertiary/aromatic N) is 10. The van der Waals surface area contributed by atoms with Crippen molar-refractivity contribution < 1.29 is 0 Å². The van der Waals surface area contributed by atoms with Gasteiger partial charge < -0.3 is 4.57 Å². The molecule has 622 valence electrons. The predicted octanol–water partition coefficient (Wildman–Crippen LogP) is 32.9. The highest BCUT2D eigenvalue weighted by molar-refractivity contribution is 7.28. The molecule has 10 nitrogen and oxygen atoms in total. The molecule has 10 aromatic heterocycles. The van der Waals surface area contributed by atoms with Crippen LogP contribution < -0.4 is 0 Å². The molecule has 0 saturated heterocycles. The van der Waals surface area contributed by atoms with Gasteiger partial charge in [-0.25, -0.2) is 34.9 Å². The van der Waals surface area contributed by atoms with Gasteiger partial charge in [0, 0.05) is 158 Å². The number of fused-ring (bicyclic) bond motifs is 24. The van der Waals surface area contributed by atoms with Crippen LogP contribution >= 0.6 is 45.3 Å². The zero-order valence-corrected chi connectivity index (χ0v) is 74.4. The molecule has 0 radical (unpaired) electrons. The molecule has 28 aromatic rings. The Hall–Kier alpha value is -16.6. The predicted molar refractivity (Wildman–Crippen MR) is 562 cm³/mol. The lowest BCUT2D eigenvalue weighted by Crippen LogP contribution is -2.04. The summed E-state index contributed by atoms with van der Waals surface area (Å²) in [4.78, 5) is 35.4. The van der Waals surface area contributed by atoms with Gasteiger partial charge in [-0.15, -0.1) is 45.3 Å². The number of aromatic nitrogens is 10. The first-order chi connectivity index (χ1) is 65.9. The number of thiophene rings is 4. The molecule has 14 heteroatoms. The Morgan fingerprint density at radius 2 is 0.541 bits per heavy atom. The molecule has 0 aliphatic rings. The summed E-state index contributed by atoms with van der Waals surface area (Å²) in [7, 11) is 0. The monoisotopic (exact) mass is 1770 g/mol. The lowest BCUT2D eigenvalue weighted by Gasteiger charge is -2.12. The first-order valence-electron chi connectivity index (χ1n) is 44.4. The van der Waals surface area contributed by atoms with E-state index >= 15 is 0 Å². The molecule has 0 atom stereocenters. The van der Waals surface area contributed by atoms with Gasteiger partial charge in [-0.3, -0.25) is 9.13 Å². The third kappa shape index (κ3) is 13.4. The highest BCUT2D eigenvalue weighted by atomic mass is 32.1. The maximum absolute atomic E-state index is 5.25. The summed E-state index contributed by atoms with van der Waals surface area (Å²) in [6.45, 7) is 0. The van der Waals surface area contributed by atoms with Crippen molar-refractivity contribution in [2.75, 3.05) is 0 Å². The Morgan fingerprint density at radius 3 is 1.06 bits per heavy atom. The lowest BCUT2D eigenvalue weighted by atomic mass is 10.00. The van der Waals surface area contributed by atoms with Gasteiger partial charge in [0.2, 0.25) is 11.9 Å². The maximum Gasteiger partial charge on any atom is 0.235 e. The second-order valence-corrected chi connectivity index (χ2v) is 37.5. The van der Waals surface area contributed by atoms with E-state index < -0.39 is 0 Å². The minimum Gasteiger partial charge on any atom is -0.309 e. The quantitative estimate of drug-likeness (QED) is 0.127. The van der Waals surface area contributed by atoms with Crippen molar-refractivity contribution in [3.8, 4) is 108 Å². The van der Waals surface area contributed by atoms with Gasteiger partial charge in [-0.2, -0.15) is 0 Å². The number of hydrogen-bond acceptors (Lipinski definition) is 11. The third-order valence-electron chi connectivity index (χ3n) is 25.6. The molecule has 0 bridgehead atoms. The van der Waals surface area contributed by atoms with Crippen LogP contribution in [0.2, 0.25) is 0 Å². The van der Waals surface area contributed by atoms with Crippen LogP contribution in [0, 0.1) is 0 Å². The van der Waals surface area contributed by atoms with Gasteiger partial charge >= 0.3 is 0 Å². The summed E-state index contributed by atoms with van der Waals surface area (Å²) >= 11 is 7.46. The van der Waals surface area contributed by atoms with E-state index in [2.05, 4.69) is 366 Å². The summed E-state index contributed by atoms with van der Waals surface area (Å²) in [6.07, 6.45) is 1.88. The number of benzene rings is 18. The molecular weight excluding hydrogens is 1700 g/mol. The van der Waals surface area contributed by atoms with E-state index in [0.29, 0.717) is 29.4 Å². The van der Waals surface area contributed by atoms with E-state index in [-0.39, 0.29) is 0 Å². The molecule has 10 heterocycles. The summed E-state index contributed by atoms with van der Waals surface area (Å²) in [5, 5.41) is 17.9. The van der Waals surface area contributed by atoms with Gasteiger partial charge in [0.05, 0.1) is 50.2 Å². The molecular formula is C119H72N10S4. The fraction of sp³-hybridized carbons (Fsp3) is 0. The van der Waals surface area contributed by atoms with Crippen LogP contribution in [0.3, 0.4) is 0 Å². The van der Waals surface area contributed by atoms with Crippen molar-refractivity contribution in [3.63, 3.8) is 0 Å². The highest BCUT2D eigenvalue weighted by Crippen LogP contribution is 2.49. The first-order valence-corrected chi connectivity index (χ1v) is 47.7. The van der Waals surface area contributed by atoms with E-state index in [4.69, 9.17) is 34.9 Å². The van der Waals surface area contributed by atoms with Crippen molar-refractivity contribution in [2.45, 2.75) is 0 Å². The maximum atomic E-state index is 5.25.